The van der Waals surface area contributed by atoms with Crippen LogP contribution in [0.15, 0.2) is 42.5 Å². The average molecular weight is 280 g/mol. The van der Waals surface area contributed by atoms with Gasteiger partial charge in [-0.3, -0.25) is 0 Å². The van der Waals surface area contributed by atoms with Gasteiger partial charge in [-0.05, 0) is 35.9 Å². The van der Waals surface area contributed by atoms with E-state index in [0.717, 1.165) is 5.56 Å². The molecule has 0 aromatic heterocycles. The topological polar surface area (TPSA) is 49.3 Å². The van der Waals surface area contributed by atoms with Crippen LogP contribution in [0.4, 0.5) is 10.1 Å². The van der Waals surface area contributed by atoms with Gasteiger partial charge in [0.25, 0.3) is 0 Å². The Hall–Kier alpha value is -2.07. The highest BCUT2D eigenvalue weighted by Gasteiger charge is 2.03. The molecule has 0 aliphatic carbocycles. The van der Waals surface area contributed by atoms with E-state index in [0.29, 0.717) is 12.2 Å². The predicted octanol–water partition coefficient (Wildman–Crippen LogP) is 3.79. The van der Waals surface area contributed by atoms with Crippen molar-refractivity contribution in [3.8, 4) is 0 Å². The molecule has 19 heavy (non-hydrogen) atoms. The molecule has 0 saturated carbocycles. The van der Waals surface area contributed by atoms with Crippen molar-refractivity contribution < 1.29 is 14.3 Å². The second-order valence-corrected chi connectivity index (χ2v) is 4.39. The van der Waals surface area contributed by atoms with E-state index in [4.69, 9.17) is 16.7 Å². The molecule has 0 saturated heterocycles. The van der Waals surface area contributed by atoms with Crippen molar-refractivity contribution in [2.24, 2.45) is 0 Å². The number of halogens is 2. The van der Waals surface area contributed by atoms with Gasteiger partial charge in [-0.25, -0.2) is 9.18 Å². The summed E-state index contributed by atoms with van der Waals surface area (Å²) in [4.78, 5) is 10.7. The number of carbonyl (C=O) groups is 1. The van der Waals surface area contributed by atoms with E-state index in [-0.39, 0.29) is 10.6 Å². The zero-order chi connectivity index (χ0) is 13.8. The minimum Gasteiger partial charge on any atom is -0.478 e. The molecule has 5 heteroatoms. The molecule has 0 amide bonds. The Kier molecular flexibility index (Phi) is 4.02. The Morgan fingerprint density at radius 2 is 1.89 bits per heavy atom. The first-order valence-corrected chi connectivity index (χ1v) is 5.95. The Bertz CT molecular complexity index is 599. The van der Waals surface area contributed by atoms with E-state index < -0.39 is 11.8 Å². The summed E-state index contributed by atoms with van der Waals surface area (Å²) in [5.74, 6) is -1.44. The zero-order valence-corrected chi connectivity index (χ0v) is 10.6. The van der Waals surface area contributed by atoms with Gasteiger partial charge in [0.2, 0.25) is 0 Å². The first-order valence-electron chi connectivity index (χ1n) is 5.57. The smallest absolute Gasteiger partial charge is 0.335 e. The fourth-order valence-corrected chi connectivity index (χ4v) is 1.69. The van der Waals surface area contributed by atoms with Crippen LogP contribution in [-0.4, -0.2) is 11.1 Å². The summed E-state index contributed by atoms with van der Waals surface area (Å²) in [6.07, 6.45) is 0. The third-order valence-electron chi connectivity index (χ3n) is 2.62. The van der Waals surface area contributed by atoms with Gasteiger partial charge in [0.15, 0.2) is 0 Å². The molecule has 2 N–H and O–H groups in total. The number of aromatic carboxylic acids is 1. The van der Waals surface area contributed by atoms with Crippen molar-refractivity contribution in [1.82, 2.24) is 0 Å². The number of benzene rings is 2. The van der Waals surface area contributed by atoms with E-state index >= 15 is 0 Å². The maximum Gasteiger partial charge on any atom is 0.335 e. The number of carboxylic acid groups (broad SMARTS) is 1. The molecule has 0 bridgehead atoms. The van der Waals surface area contributed by atoms with Crippen LogP contribution < -0.4 is 5.32 Å². The fourth-order valence-electron chi connectivity index (χ4n) is 1.58. The summed E-state index contributed by atoms with van der Waals surface area (Å²) in [5.41, 5.74) is 1.76. The molecular formula is C14H11ClFNO2. The number of anilines is 1. The van der Waals surface area contributed by atoms with Crippen molar-refractivity contribution >= 4 is 23.3 Å². The summed E-state index contributed by atoms with van der Waals surface area (Å²) >= 11 is 5.59. The quantitative estimate of drug-likeness (QED) is 0.895. The minimum absolute atomic E-state index is 0.0800. The molecule has 0 aliphatic heterocycles. The van der Waals surface area contributed by atoms with E-state index in [2.05, 4.69) is 5.32 Å². The SMILES string of the molecule is O=C(O)c1ccc(CNc2ccc(Cl)c(F)c2)cc1. The lowest BCUT2D eigenvalue weighted by atomic mass is 10.1. The van der Waals surface area contributed by atoms with Gasteiger partial charge in [-0.15, -0.1) is 0 Å². The first-order chi connectivity index (χ1) is 9.06. The second kappa shape index (κ2) is 5.71. The van der Waals surface area contributed by atoms with Crippen molar-refractivity contribution in [3.05, 3.63) is 64.4 Å². The molecule has 0 atom stereocenters. The third-order valence-corrected chi connectivity index (χ3v) is 2.92. The molecule has 2 aromatic rings. The lowest BCUT2D eigenvalue weighted by molar-refractivity contribution is 0.0697. The standard InChI is InChI=1S/C14H11ClFNO2/c15-12-6-5-11(7-13(12)16)17-8-9-1-3-10(4-2-9)14(18)19/h1-7,17H,8H2,(H,18,19). The van der Waals surface area contributed by atoms with Gasteiger partial charge in [0, 0.05) is 12.2 Å². The second-order valence-electron chi connectivity index (χ2n) is 3.98. The molecule has 0 heterocycles. The molecule has 2 rings (SSSR count). The highest BCUT2D eigenvalue weighted by atomic mass is 35.5. The summed E-state index contributed by atoms with van der Waals surface area (Å²) < 4.78 is 13.2. The number of hydrogen-bond donors (Lipinski definition) is 2. The number of hydrogen-bond acceptors (Lipinski definition) is 2. The number of rotatable bonds is 4. The zero-order valence-electron chi connectivity index (χ0n) is 9.86. The van der Waals surface area contributed by atoms with Crippen molar-refractivity contribution in [1.29, 1.82) is 0 Å². The maximum atomic E-state index is 13.2. The Morgan fingerprint density at radius 1 is 1.21 bits per heavy atom. The Labute approximate surface area is 114 Å². The fraction of sp³-hybridized carbons (Fsp3) is 0.0714. The van der Waals surface area contributed by atoms with Gasteiger partial charge in [0.05, 0.1) is 10.6 Å². The molecule has 0 unspecified atom stereocenters. The monoisotopic (exact) mass is 279 g/mol. The van der Waals surface area contributed by atoms with E-state index in [1.807, 2.05) is 0 Å². The average Bonchev–Trinajstić information content (AvgIpc) is 2.40. The van der Waals surface area contributed by atoms with Crippen LogP contribution in [0.1, 0.15) is 15.9 Å². The molecule has 0 fully saturated rings. The molecule has 0 spiro atoms. The van der Waals surface area contributed by atoms with Gasteiger partial charge in [0.1, 0.15) is 5.82 Å². The molecular weight excluding hydrogens is 269 g/mol. The van der Waals surface area contributed by atoms with E-state index in [1.54, 1.807) is 18.2 Å². The van der Waals surface area contributed by atoms with Crippen LogP contribution in [0.3, 0.4) is 0 Å². The van der Waals surface area contributed by atoms with Crippen LogP contribution in [0, 0.1) is 5.82 Å². The highest BCUT2D eigenvalue weighted by molar-refractivity contribution is 6.30. The van der Waals surface area contributed by atoms with Crippen LogP contribution in [0.5, 0.6) is 0 Å². The van der Waals surface area contributed by atoms with Crippen LogP contribution in [0.2, 0.25) is 5.02 Å². The summed E-state index contributed by atoms with van der Waals surface area (Å²) in [7, 11) is 0. The van der Waals surface area contributed by atoms with Gasteiger partial charge < -0.3 is 10.4 Å². The highest BCUT2D eigenvalue weighted by Crippen LogP contribution is 2.19. The minimum atomic E-state index is -0.959. The molecule has 2 aromatic carbocycles. The predicted molar refractivity (Wildman–Crippen MR) is 72.1 cm³/mol. The summed E-state index contributed by atoms with van der Waals surface area (Å²) in [6.45, 7) is 0.473. The third kappa shape index (κ3) is 3.45. The maximum absolute atomic E-state index is 13.2. The van der Waals surface area contributed by atoms with Crippen LogP contribution in [0.25, 0.3) is 0 Å². The summed E-state index contributed by atoms with van der Waals surface area (Å²) in [5, 5.41) is 11.9. The largest absolute Gasteiger partial charge is 0.478 e. The normalized spacial score (nSPS) is 10.2. The van der Waals surface area contributed by atoms with Crippen molar-refractivity contribution in [2.75, 3.05) is 5.32 Å². The lowest BCUT2D eigenvalue weighted by Crippen LogP contribution is -2.01. The number of nitrogens with one attached hydrogen (secondary N) is 1. The molecule has 98 valence electrons. The molecule has 0 radical (unpaired) electrons. The number of carboxylic acids is 1. The first kappa shape index (κ1) is 13.4. The lowest BCUT2D eigenvalue weighted by Gasteiger charge is -2.07. The van der Waals surface area contributed by atoms with Crippen molar-refractivity contribution in [2.45, 2.75) is 6.54 Å². The van der Waals surface area contributed by atoms with Gasteiger partial charge in [-0.1, -0.05) is 23.7 Å². The van der Waals surface area contributed by atoms with E-state index in [9.17, 15) is 9.18 Å². The summed E-state index contributed by atoms with van der Waals surface area (Å²) in [6, 6.07) is 11.0. The van der Waals surface area contributed by atoms with Gasteiger partial charge >= 0.3 is 5.97 Å². The van der Waals surface area contributed by atoms with Crippen LogP contribution in [-0.2, 0) is 6.54 Å². The molecule has 0 aliphatic rings. The van der Waals surface area contributed by atoms with Crippen molar-refractivity contribution in [3.63, 3.8) is 0 Å². The van der Waals surface area contributed by atoms with Crippen LogP contribution >= 0.6 is 11.6 Å². The van der Waals surface area contributed by atoms with Gasteiger partial charge in [-0.2, -0.15) is 0 Å². The van der Waals surface area contributed by atoms with E-state index in [1.165, 1.54) is 24.3 Å². The molecule has 3 nitrogen and oxygen atoms in total. The Balaban J connectivity index is 2.01. The Morgan fingerprint density at radius 3 is 2.47 bits per heavy atom.